The van der Waals surface area contributed by atoms with Crippen LogP contribution in [0, 0.1) is 0 Å². The number of nitrogens with zero attached hydrogens (tertiary/aromatic N) is 3. The summed E-state index contributed by atoms with van der Waals surface area (Å²) in [5.41, 5.74) is 0.597. The van der Waals surface area contributed by atoms with Gasteiger partial charge in [-0.05, 0) is 32.3 Å². The highest BCUT2D eigenvalue weighted by atomic mass is 35.5. The molecule has 1 aliphatic rings. The van der Waals surface area contributed by atoms with Crippen molar-refractivity contribution in [2.24, 2.45) is 0 Å². The molecule has 120 valence electrons. The van der Waals surface area contributed by atoms with Crippen molar-refractivity contribution in [2.45, 2.75) is 6.42 Å². The van der Waals surface area contributed by atoms with Crippen LogP contribution in [0.5, 0.6) is 0 Å². The van der Waals surface area contributed by atoms with Crippen LogP contribution in [0.4, 0.5) is 0 Å². The van der Waals surface area contributed by atoms with Crippen molar-refractivity contribution in [1.29, 1.82) is 0 Å². The molecule has 0 N–H and O–H groups in total. The average Bonchev–Trinajstić information content (AvgIpc) is 2.52. The van der Waals surface area contributed by atoms with Crippen molar-refractivity contribution in [3.8, 4) is 0 Å². The Bertz CT molecular complexity index is 540. The molecule has 0 unspecified atom stereocenters. The van der Waals surface area contributed by atoms with Crippen LogP contribution in [0.1, 0.15) is 16.8 Å². The monoisotopic (exact) mass is 323 g/mol. The quantitative estimate of drug-likeness (QED) is 0.845. The molecule has 0 saturated carbocycles. The van der Waals surface area contributed by atoms with Crippen LogP contribution in [0.15, 0.2) is 24.3 Å². The van der Waals surface area contributed by atoms with E-state index in [2.05, 4.69) is 0 Å². The number of amides is 2. The number of hydrogen-bond donors (Lipinski definition) is 0. The normalized spacial score (nSPS) is 15.3. The molecule has 6 heteroatoms. The molecular formula is C16H22ClN3O2. The number of hydrogen-bond acceptors (Lipinski definition) is 3. The lowest BCUT2D eigenvalue weighted by Crippen LogP contribution is -2.50. The average molecular weight is 324 g/mol. The van der Waals surface area contributed by atoms with Gasteiger partial charge in [-0.15, -0.1) is 0 Å². The van der Waals surface area contributed by atoms with Crippen molar-refractivity contribution in [3.05, 3.63) is 34.9 Å². The molecule has 1 fully saturated rings. The van der Waals surface area contributed by atoms with E-state index in [1.807, 2.05) is 23.9 Å². The summed E-state index contributed by atoms with van der Waals surface area (Å²) in [5.74, 6) is 0.131. The fraction of sp³-hybridized carbons (Fsp3) is 0.500. The predicted molar refractivity (Wildman–Crippen MR) is 87.1 cm³/mol. The van der Waals surface area contributed by atoms with Gasteiger partial charge < -0.3 is 14.7 Å². The van der Waals surface area contributed by atoms with E-state index in [9.17, 15) is 9.59 Å². The molecule has 5 nitrogen and oxygen atoms in total. The van der Waals surface area contributed by atoms with Crippen LogP contribution in [0.3, 0.4) is 0 Å². The first-order chi connectivity index (χ1) is 10.5. The smallest absolute Gasteiger partial charge is 0.254 e. The number of carbonyl (C=O) groups is 2. The number of benzene rings is 1. The van der Waals surface area contributed by atoms with E-state index in [1.54, 1.807) is 29.2 Å². The molecule has 1 saturated heterocycles. The van der Waals surface area contributed by atoms with Crippen LogP contribution < -0.4 is 0 Å². The lowest BCUT2D eigenvalue weighted by Gasteiger charge is -2.35. The number of carbonyl (C=O) groups excluding carboxylic acids is 2. The van der Waals surface area contributed by atoms with Gasteiger partial charge >= 0.3 is 0 Å². The summed E-state index contributed by atoms with van der Waals surface area (Å²) < 4.78 is 0. The summed E-state index contributed by atoms with van der Waals surface area (Å²) in [6.07, 6.45) is 0.523. The SMILES string of the molecule is CN(C)CCC(=O)N1CCN(C(=O)c2cccc(Cl)c2)CC1. The van der Waals surface area contributed by atoms with E-state index in [1.165, 1.54) is 0 Å². The van der Waals surface area contributed by atoms with E-state index < -0.39 is 0 Å². The van der Waals surface area contributed by atoms with Gasteiger partial charge in [-0.3, -0.25) is 9.59 Å². The Morgan fingerprint density at radius 1 is 1.14 bits per heavy atom. The zero-order valence-electron chi connectivity index (χ0n) is 13.1. The summed E-state index contributed by atoms with van der Waals surface area (Å²) in [4.78, 5) is 30.1. The maximum atomic E-state index is 12.4. The summed E-state index contributed by atoms with van der Waals surface area (Å²) in [7, 11) is 3.91. The first-order valence-electron chi connectivity index (χ1n) is 7.44. The molecule has 1 heterocycles. The van der Waals surface area contributed by atoms with Crippen molar-refractivity contribution in [2.75, 3.05) is 46.8 Å². The van der Waals surface area contributed by atoms with Gasteiger partial charge in [0.1, 0.15) is 0 Å². The topological polar surface area (TPSA) is 43.9 Å². The van der Waals surface area contributed by atoms with Crippen LogP contribution in [0.25, 0.3) is 0 Å². The minimum atomic E-state index is -0.0251. The zero-order valence-corrected chi connectivity index (χ0v) is 13.8. The van der Waals surface area contributed by atoms with Gasteiger partial charge in [0.15, 0.2) is 0 Å². The van der Waals surface area contributed by atoms with Gasteiger partial charge in [-0.25, -0.2) is 0 Å². The Labute approximate surface area is 136 Å². The van der Waals surface area contributed by atoms with Crippen LogP contribution in [-0.2, 0) is 4.79 Å². The second kappa shape index (κ2) is 7.61. The summed E-state index contributed by atoms with van der Waals surface area (Å²) in [6.45, 7) is 3.08. The second-order valence-corrected chi connectivity index (χ2v) is 6.17. The van der Waals surface area contributed by atoms with Gasteiger partial charge in [0.25, 0.3) is 5.91 Å². The van der Waals surface area contributed by atoms with Crippen LogP contribution in [0.2, 0.25) is 5.02 Å². The van der Waals surface area contributed by atoms with Crippen LogP contribution >= 0.6 is 11.6 Å². The van der Waals surface area contributed by atoms with Gasteiger partial charge in [0.2, 0.25) is 5.91 Å². The molecule has 0 atom stereocenters. The van der Waals surface area contributed by atoms with Crippen LogP contribution in [-0.4, -0.2) is 73.3 Å². The first kappa shape index (κ1) is 16.8. The lowest BCUT2D eigenvalue weighted by molar-refractivity contribution is -0.132. The minimum Gasteiger partial charge on any atom is -0.339 e. The van der Waals surface area contributed by atoms with E-state index in [4.69, 9.17) is 11.6 Å². The van der Waals surface area contributed by atoms with Crippen molar-refractivity contribution >= 4 is 23.4 Å². The zero-order chi connectivity index (χ0) is 16.1. The highest BCUT2D eigenvalue weighted by molar-refractivity contribution is 6.30. The molecular weight excluding hydrogens is 302 g/mol. The first-order valence-corrected chi connectivity index (χ1v) is 7.82. The summed E-state index contributed by atoms with van der Waals surface area (Å²) in [6, 6.07) is 6.97. The third kappa shape index (κ3) is 4.45. The van der Waals surface area contributed by atoms with Gasteiger partial charge in [0, 0.05) is 49.7 Å². The van der Waals surface area contributed by atoms with Crippen molar-refractivity contribution in [1.82, 2.24) is 14.7 Å². The fourth-order valence-corrected chi connectivity index (χ4v) is 2.63. The molecule has 0 bridgehead atoms. The van der Waals surface area contributed by atoms with E-state index >= 15 is 0 Å². The third-order valence-electron chi connectivity index (χ3n) is 3.76. The molecule has 22 heavy (non-hydrogen) atoms. The molecule has 0 radical (unpaired) electrons. The largest absolute Gasteiger partial charge is 0.339 e. The third-order valence-corrected chi connectivity index (χ3v) is 4.00. The van der Waals surface area contributed by atoms with E-state index in [0.29, 0.717) is 43.2 Å². The van der Waals surface area contributed by atoms with Crippen molar-refractivity contribution in [3.63, 3.8) is 0 Å². The number of piperazine rings is 1. The number of rotatable bonds is 4. The van der Waals surface area contributed by atoms with Gasteiger partial charge in [-0.1, -0.05) is 17.7 Å². The van der Waals surface area contributed by atoms with E-state index in [-0.39, 0.29) is 11.8 Å². The number of halogens is 1. The Morgan fingerprint density at radius 2 is 1.77 bits per heavy atom. The maximum absolute atomic E-state index is 12.4. The molecule has 1 aliphatic heterocycles. The maximum Gasteiger partial charge on any atom is 0.254 e. The Balaban J connectivity index is 1.86. The van der Waals surface area contributed by atoms with Crippen molar-refractivity contribution < 1.29 is 9.59 Å². The Morgan fingerprint density at radius 3 is 2.36 bits per heavy atom. The molecule has 2 rings (SSSR count). The summed E-state index contributed by atoms with van der Waals surface area (Å²) in [5, 5.41) is 0.559. The van der Waals surface area contributed by atoms with Gasteiger partial charge in [0.05, 0.1) is 0 Å². The Hall–Kier alpha value is -1.59. The van der Waals surface area contributed by atoms with Gasteiger partial charge in [-0.2, -0.15) is 0 Å². The fourth-order valence-electron chi connectivity index (χ4n) is 2.44. The minimum absolute atomic E-state index is 0.0251. The Kier molecular flexibility index (Phi) is 5.80. The van der Waals surface area contributed by atoms with E-state index in [0.717, 1.165) is 6.54 Å². The highest BCUT2D eigenvalue weighted by Gasteiger charge is 2.24. The molecule has 1 aromatic carbocycles. The second-order valence-electron chi connectivity index (χ2n) is 5.74. The predicted octanol–water partition coefficient (Wildman–Crippen LogP) is 1.58. The molecule has 1 aromatic rings. The molecule has 2 amide bonds. The highest BCUT2D eigenvalue weighted by Crippen LogP contribution is 2.14. The standard InChI is InChI=1S/C16H22ClN3O2/c1-18(2)7-6-15(21)19-8-10-20(11-9-19)16(22)13-4-3-5-14(17)12-13/h3-5,12H,6-11H2,1-2H3. The molecule has 0 spiro atoms. The summed E-state index contributed by atoms with van der Waals surface area (Å²) >= 11 is 5.93. The molecule has 0 aromatic heterocycles. The lowest BCUT2D eigenvalue weighted by atomic mass is 10.2. The molecule has 0 aliphatic carbocycles.